The van der Waals surface area contributed by atoms with Crippen molar-refractivity contribution >= 4 is 20.2 Å². The van der Waals surface area contributed by atoms with Crippen molar-refractivity contribution in [2.75, 3.05) is 6.61 Å². The Bertz CT molecular complexity index is 1140. The van der Waals surface area contributed by atoms with E-state index in [-0.39, 0.29) is 11.3 Å². The molecule has 32 heavy (non-hydrogen) atoms. The summed E-state index contributed by atoms with van der Waals surface area (Å²) < 4.78 is 142. The van der Waals surface area contributed by atoms with Crippen LogP contribution in [0.2, 0.25) is 0 Å². The number of hydrogen-bond acceptors (Lipinski definition) is 8. The molecule has 0 saturated heterocycles. The molecule has 0 spiro atoms. The maximum atomic E-state index is 11.9. The molecule has 0 aliphatic heterocycles. The molecule has 2 rings (SSSR count). The molecule has 0 bridgehead atoms. The molecule has 0 unspecified atom stereocenters. The van der Waals surface area contributed by atoms with E-state index in [4.69, 9.17) is 0 Å². The number of rotatable bonds is 5. The van der Waals surface area contributed by atoms with Crippen LogP contribution in [0.3, 0.4) is 0 Å². The summed E-state index contributed by atoms with van der Waals surface area (Å²) in [7, 11) is -9.50. The Hall–Kier alpha value is -2.56. The van der Waals surface area contributed by atoms with Gasteiger partial charge in [-0.1, -0.05) is 12.1 Å². The highest BCUT2D eigenvalue weighted by molar-refractivity contribution is 7.86. The average molecular weight is 510 g/mol. The van der Waals surface area contributed by atoms with Crippen LogP contribution >= 0.6 is 0 Å². The Morgan fingerprint density at radius 2 is 1.44 bits per heavy atom. The zero-order chi connectivity index (χ0) is 25.0. The lowest BCUT2D eigenvalue weighted by Gasteiger charge is -2.13. The lowest BCUT2D eigenvalue weighted by Crippen LogP contribution is -2.19. The van der Waals surface area contributed by atoms with Gasteiger partial charge in [-0.2, -0.15) is 13.2 Å². The second-order valence-corrected chi connectivity index (χ2v) is 8.49. The number of benzene rings is 2. The van der Waals surface area contributed by atoms with Gasteiger partial charge in [-0.25, -0.2) is 16.8 Å². The molecular formula is C16H12F6O8S2-2. The van der Waals surface area contributed by atoms with Crippen molar-refractivity contribution in [2.24, 2.45) is 0 Å². The lowest BCUT2D eigenvalue weighted by atomic mass is 10.2. The van der Waals surface area contributed by atoms with Crippen LogP contribution in [0.5, 0.6) is 11.5 Å². The van der Waals surface area contributed by atoms with Gasteiger partial charge >= 0.3 is 12.5 Å². The third-order valence-corrected chi connectivity index (χ3v) is 4.97. The quantitative estimate of drug-likeness (QED) is 0.442. The van der Waals surface area contributed by atoms with Gasteiger partial charge in [0.15, 0.2) is 6.61 Å². The molecular weight excluding hydrogens is 498 g/mol. The highest BCUT2D eigenvalue weighted by Gasteiger charge is 2.31. The summed E-state index contributed by atoms with van der Waals surface area (Å²) in [5, 5.41) is 0. The van der Waals surface area contributed by atoms with Crippen molar-refractivity contribution in [1.82, 2.24) is 0 Å². The van der Waals surface area contributed by atoms with Crippen LogP contribution in [0.4, 0.5) is 26.3 Å². The van der Waals surface area contributed by atoms with Crippen LogP contribution in [0, 0.1) is 6.92 Å². The minimum Gasteiger partial charge on any atom is -0.744 e. The number of ether oxygens (including phenoxy) is 2. The van der Waals surface area contributed by atoms with Crippen molar-refractivity contribution in [2.45, 2.75) is 29.3 Å². The Morgan fingerprint density at radius 3 is 1.91 bits per heavy atom. The van der Waals surface area contributed by atoms with E-state index < -0.39 is 54.9 Å². The first kappa shape index (κ1) is 27.5. The van der Waals surface area contributed by atoms with E-state index in [0.29, 0.717) is 6.07 Å². The van der Waals surface area contributed by atoms with Gasteiger partial charge in [0.1, 0.15) is 31.7 Å². The fourth-order valence-corrected chi connectivity index (χ4v) is 3.16. The minimum atomic E-state index is -4.93. The summed E-state index contributed by atoms with van der Waals surface area (Å²) >= 11 is 0. The molecule has 0 aromatic heterocycles. The van der Waals surface area contributed by atoms with Gasteiger partial charge in [-0.3, -0.25) is 0 Å². The Labute approximate surface area is 177 Å². The van der Waals surface area contributed by atoms with Gasteiger partial charge in [0.05, 0.1) is 9.79 Å². The summed E-state index contributed by atoms with van der Waals surface area (Å²) in [4.78, 5) is -1.36. The smallest absolute Gasteiger partial charge is 0.573 e. The van der Waals surface area contributed by atoms with Crippen LogP contribution in [0.25, 0.3) is 0 Å². The molecule has 16 heteroatoms. The van der Waals surface area contributed by atoms with E-state index in [1.54, 1.807) is 0 Å². The van der Waals surface area contributed by atoms with E-state index in [2.05, 4.69) is 9.47 Å². The van der Waals surface area contributed by atoms with Crippen LogP contribution < -0.4 is 9.47 Å². The number of halogens is 6. The number of aryl methyl sites for hydroxylation is 1. The normalized spacial score (nSPS) is 12.5. The molecule has 2 aromatic rings. The Balaban J connectivity index is 0.000000323. The zero-order valence-corrected chi connectivity index (χ0v) is 17.2. The molecule has 0 saturated carbocycles. The summed E-state index contributed by atoms with van der Waals surface area (Å²) in [6.07, 6.45) is -9.45. The van der Waals surface area contributed by atoms with E-state index in [9.17, 15) is 52.3 Å². The predicted octanol–water partition coefficient (Wildman–Crippen LogP) is 3.33. The van der Waals surface area contributed by atoms with Crippen molar-refractivity contribution in [3.63, 3.8) is 0 Å². The summed E-state index contributed by atoms with van der Waals surface area (Å²) in [5.74, 6) is -1.07. The standard InChI is InChI=1S/C9H9F3O4S.C7H5F3O4S/c1-6-2-3-7(16-5-9(10,11)12)4-8(6)17(13,14)15;8-7(9,10)14-5-2-1-3-6(4-5)15(11,12)13/h2-4H,5H2,1H3,(H,13,14,15);1-4H,(H,11,12,13)/p-2. The molecule has 0 N–H and O–H groups in total. The lowest BCUT2D eigenvalue weighted by molar-refractivity contribution is -0.274. The van der Waals surface area contributed by atoms with Crippen molar-refractivity contribution in [3.05, 3.63) is 48.0 Å². The third-order valence-electron chi connectivity index (χ3n) is 3.16. The van der Waals surface area contributed by atoms with Gasteiger partial charge in [0.25, 0.3) is 0 Å². The van der Waals surface area contributed by atoms with Gasteiger partial charge in [0, 0.05) is 0 Å². The molecule has 0 amide bonds. The Kier molecular flexibility index (Phi) is 8.52. The summed E-state index contributed by atoms with van der Waals surface area (Å²) in [6.45, 7) is -0.188. The SMILES string of the molecule is Cc1ccc(OCC(F)(F)F)cc1S(=O)(=O)[O-].O=S(=O)([O-])c1cccc(OC(F)(F)F)c1. The Morgan fingerprint density at radius 1 is 0.844 bits per heavy atom. The van der Waals surface area contributed by atoms with Crippen molar-refractivity contribution in [3.8, 4) is 11.5 Å². The van der Waals surface area contributed by atoms with Crippen LogP contribution in [-0.4, -0.2) is 45.1 Å². The third kappa shape index (κ3) is 10.2. The van der Waals surface area contributed by atoms with E-state index in [1.807, 2.05) is 0 Å². The van der Waals surface area contributed by atoms with Gasteiger partial charge < -0.3 is 18.6 Å². The molecule has 0 fully saturated rings. The van der Waals surface area contributed by atoms with Crippen LogP contribution in [0.15, 0.2) is 52.3 Å². The largest absolute Gasteiger partial charge is 0.744 e. The molecule has 0 radical (unpaired) electrons. The summed E-state index contributed by atoms with van der Waals surface area (Å²) in [6, 6.07) is 6.41. The number of hydrogen-bond donors (Lipinski definition) is 0. The fourth-order valence-electron chi connectivity index (χ4n) is 1.93. The molecule has 0 atom stereocenters. The molecule has 0 heterocycles. The topological polar surface area (TPSA) is 133 Å². The zero-order valence-electron chi connectivity index (χ0n) is 15.6. The first-order chi connectivity index (χ1) is 14.3. The highest BCUT2D eigenvalue weighted by Crippen LogP contribution is 2.25. The predicted molar refractivity (Wildman–Crippen MR) is 91.8 cm³/mol. The first-order valence-corrected chi connectivity index (χ1v) is 10.7. The molecule has 0 aliphatic carbocycles. The van der Waals surface area contributed by atoms with Gasteiger partial charge in [-0.05, 0) is 42.8 Å². The van der Waals surface area contributed by atoms with E-state index in [1.165, 1.54) is 13.0 Å². The second-order valence-electron chi connectivity index (χ2n) is 5.76. The van der Waals surface area contributed by atoms with Crippen molar-refractivity contribution in [1.29, 1.82) is 0 Å². The maximum absolute atomic E-state index is 11.9. The van der Waals surface area contributed by atoms with Gasteiger partial charge in [0.2, 0.25) is 0 Å². The summed E-state index contributed by atoms with van der Waals surface area (Å²) in [5.41, 5.74) is 0.152. The fraction of sp³-hybridized carbons (Fsp3) is 0.250. The second kappa shape index (κ2) is 9.93. The highest BCUT2D eigenvalue weighted by atomic mass is 32.2. The molecule has 0 aliphatic rings. The van der Waals surface area contributed by atoms with Crippen LogP contribution in [0.1, 0.15) is 5.56 Å². The molecule has 180 valence electrons. The first-order valence-electron chi connectivity index (χ1n) is 7.86. The number of alkyl halides is 6. The molecule has 2 aromatic carbocycles. The van der Waals surface area contributed by atoms with Gasteiger partial charge in [-0.15, -0.1) is 13.2 Å². The minimum absolute atomic E-state index is 0.152. The average Bonchev–Trinajstić information content (AvgIpc) is 2.58. The molecule has 8 nitrogen and oxygen atoms in total. The monoisotopic (exact) mass is 510 g/mol. The van der Waals surface area contributed by atoms with E-state index >= 15 is 0 Å². The van der Waals surface area contributed by atoms with Crippen LogP contribution in [-0.2, 0) is 20.2 Å². The van der Waals surface area contributed by atoms with E-state index in [0.717, 1.165) is 30.3 Å². The maximum Gasteiger partial charge on any atom is 0.573 e. The van der Waals surface area contributed by atoms with Crippen molar-refractivity contribution < 1.29 is 61.8 Å².